The van der Waals surface area contributed by atoms with E-state index in [0.717, 1.165) is 17.1 Å². The van der Waals surface area contributed by atoms with Gasteiger partial charge in [0.25, 0.3) is 0 Å². The second kappa shape index (κ2) is 15.6. The fourth-order valence-corrected chi connectivity index (χ4v) is 10.6. The Morgan fingerprint density at radius 2 is 0.719 bits per heavy atom. The van der Waals surface area contributed by atoms with E-state index in [1.807, 2.05) is 0 Å². The number of benzene rings is 11. The van der Waals surface area contributed by atoms with Gasteiger partial charge < -0.3 is 4.90 Å². The van der Waals surface area contributed by atoms with Crippen LogP contribution in [0.4, 0.5) is 17.1 Å². The predicted octanol–water partition coefficient (Wildman–Crippen LogP) is 16.8. The van der Waals surface area contributed by atoms with Crippen LogP contribution in [-0.4, -0.2) is 0 Å². The average Bonchev–Trinajstić information content (AvgIpc) is 3.68. The molecule has 1 aliphatic carbocycles. The zero-order valence-electron chi connectivity index (χ0n) is 35.3. The number of hydrogen-bond acceptors (Lipinski definition) is 1. The van der Waals surface area contributed by atoms with Gasteiger partial charge in [-0.05, 0) is 108 Å². The van der Waals surface area contributed by atoms with Crippen LogP contribution in [0.1, 0.15) is 22.3 Å². The van der Waals surface area contributed by atoms with Gasteiger partial charge in [-0.25, -0.2) is 0 Å². The van der Waals surface area contributed by atoms with Crippen molar-refractivity contribution in [2.24, 2.45) is 0 Å². The van der Waals surface area contributed by atoms with E-state index in [-0.39, 0.29) is 0 Å². The Balaban J connectivity index is 1.19. The molecule has 0 fully saturated rings. The average molecular weight is 814 g/mol. The topological polar surface area (TPSA) is 3.24 Å². The quantitative estimate of drug-likeness (QED) is 0.138. The molecule has 0 aliphatic heterocycles. The van der Waals surface area contributed by atoms with Gasteiger partial charge in [-0.2, -0.15) is 0 Å². The van der Waals surface area contributed by atoms with Crippen LogP contribution < -0.4 is 4.90 Å². The molecule has 1 heteroatoms. The van der Waals surface area contributed by atoms with Crippen molar-refractivity contribution in [3.05, 3.63) is 283 Å². The molecule has 0 unspecified atom stereocenters. The van der Waals surface area contributed by atoms with Crippen molar-refractivity contribution in [2.45, 2.75) is 5.41 Å². The van der Waals surface area contributed by atoms with Crippen molar-refractivity contribution in [1.29, 1.82) is 0 Å². The molecular weight excluding hydrogens is 771 g/mol. The molecule has 11 aromatic rings. The van der Waals surface area contributed by atoms with Gasteiger partial charge in [0.05, 0.1) is 11.1 Å². The summed E-state index contributed by atoms with van der Waals surface area (Å²) in [6.45, 7) is 0. The van der Waals surface area contributed by atoms with Crippen molar-refractivity contribution in [1.82, 2.24) is 0 Å². The lowest BCUT2D eigenvalue weighted by molar-refractivity contribution is 0.768. The Labute approximate surface area is 374 Å². The third-order valence-corrected chi connectivity index (χ3v) is 13.3. The first kappa shape index (κ1) is 37.5. The molecule has 1 nitrogen and oxygen atoms in total. The second-order valence-electron chi connectivity index (χ2n) is 16.8. The summed E-state index contributed by atoms with van der Waals surface area (Å²) < 4.78 is 0. The van der Waals surface area contributed by atoms with Crippen molar-refractivity contribution in [3.8, 4) is 44.5 Å². The van der Waals surface area contributed by atoms with Crippen LogP contribution in [0.25, 0.3) is 66.1 Å². The fraction of sp³-hybridized carbons (Fsp3) is 0.0159. The normalized spacial score (nSPS) is 12.5. The SMILES string of the molecule is c1ccc(-c2cccc(-c3c(N(c4cccc(-c5ccccc5)c4)c4ccc5c(c4)-c4ccccc4C5(c4ccccc4)c4ccccc4)c4ccccc4c4ccccc34)c2)cc1. The van der Waals surface area contributed by atoms with Gasteiger partial charge in [-0.15, -0.1) is 0 Å². The summed E-state index contributed by atoms with van der Waals surface area (Å²) in [5.41, 5.74) is 17.5. The minimum Gasteiger partial charge on any atom is -0.309 e. The summed E-state index contributed by atoms with van der Waals surface area (Å²) in [5, 5.41) is 4.86. The van der Waals surface area contributed by atoms with Crippen LogP contribution >= 0.6 is 0 Å². The Morgan fingerprint density at radius 1 is 0.266 bits per heavy atom. The monoisotopic (exact) mass is 813 g/mol. The van der Waals surface area contributed by atoms with Gasteiger partial charge in [0.15, 0.2) is 0 Å². The molecule has 300 valence electrons. The smallest absolute Gasteiger partial charge is 0.0713 e. The van der Waals surface area contributed by atoms with E-state index in [9.17, 15) is 0 Å². The van der Waals surface area contributed by atoms with Crippen molar-refractivity contribution < 1.29 is 0 Å². The lowest BCUT2D eigenvalue weighted by Crippen LogP contribution is -2.28. The molecule has 64 heavy (non-hydrogen) atoms. The van der Waals surface area contributed by atoms with Crippen LogP contribution in [0.5, 0.6) is 0 Å². The number of hydrogen-bond donors (Lipinski definition) is 0. The van der Waals surface area contributed by atoms with Gasteiger partial charge in [-0.3, -0.25) is 0 Å². The summed E-state index contributed by atoms with van der Waals surface area (Å²) in [6.07, 6.45) is 0. The molecule has 0 radical (unpaired) electrons. The maximum atomic E-state index is 2.54. The van der Waals surface area contributed by atoms with Gasteiger partial charge >= 0.3 is 0 Å². The molecule has 0 heterocycles. The Morgan fingerprint density at radius 3 is 1.38 bits per heavy atom. The lowest BCUT2D eigenvalue weighted by atomic mass is 9.68. The molecule has 0 bridgehead atoms. The molecule has 0 saturated heterocycles. The second-order valence-corrected chi connectivity index (χ2v) is 16.8. The van der Waals surface area contributed by atoms with Crippen molar-refractivity contribution in [2.75, 3.05) is 4.90 Å². The Kier molecular flexibility index (Phi) is 9.13. The molecular formula is C63H43N. The van der Waals surface area contributed by atoms with E-state index in [2.05, 4.69) is 266 Å². The van der Waals surface area contributed by atoms with E-state index in [1.165, 1.54) is 88.3 Å². The van der Waals surface area contributed by atoms with Crippen molar-refractivity contribution in [3.63, 3.8) is 0 Å². The molecule has 11 aromatic carbocycles. The van der Waals surface area contributed by atoms with E-state index in [1.54, 1.807) is 0 Å². The van der Waals surface area contributed by atoms with Crippen LogP contribution in [0, 0.1) is 0 Å². The summed E-state index contributed by atoms with van der Waals surface area (Å²) in [7, 11) is 0. The first-order valence-corrected chi connectivity index (χ1v) is 22.2. The molecule has 0 amide bonds. The number of anilines is 3. The largest absolute Gasteiger partial charge is 0.309 e. The number of fused-ring (bicyclic) bond motifs is 6. The third kappa shape index (κ3) is 6.01. The highest BCUT2D eigenvalue weighted by Crippen LogP contribution is 2.58. The number of rotatable bonds is 8. The van der Waals surface area contributed by atoms with E-state index >= 15 is 0 Å². The first-order chi connectivity index (χ1) is 31.8. The molecule has 12 rings (SSSR count). The Hall–Kier alpha value is -8.26. The highest BCUT2D eigenvalue weighted by molar-refractivity contribution is 6.22. The summed E-state index contributed by atoms with van der Waals surface area (Å²) in [6, 6.07) is 96.0. The zero-order valence-corrected chi connectivity index (χ0v) is 35.3. The maximum absolute atomic E-state index is 2.54. The van der Waals surface area contributed by atoms with Crippen molar-refractivity contribution >= 4 is 38.6 Å². The molecule has 0 N–H and O–H groups in total. The van der Waals surface area contributed by atoms with Gasteiger partial charge in [0.2, 0.25) is 0 Å². The minimum atomic E-state index is -0.496. The standard InChI is InChI=1S/C63H43N/c1-5-21-44(22-6-1)46-25-19-27-48(41-46)61-56-36-15-13-33-53(56)54-34-14-16-37-57(54)62(61)64(51-32-20-26-47(42-51)45-23-7-2-8-24-45)52-39-40-60-58(43-52)55-35-17-18-38-59(55)63(60,49-28-9-3-10-29-49)50-30-11-4-12-31-50/h1-43H. The summed E-state index contributed by atoms with van der Waals surface area (Å²) in [4.78, 5) is 2.54. The summed E-state index contributed by atoms with van der Waals surface area (Å²) in [5.74, 6) is 0. The third-order valence-electron chi connectivity index (χ3n) is 13.3. The maximum Gasteiger partial charge on any atom is 0.0713 e. The predicted molar refractivity (Wildman–Crippen MR) is 270 cm³/mol. The van der Waals surface area contributed by atoms with Gasteiger partial charge in [-0.1, -0.05) is 231 Å². The van der Waals surface area contributed by atoms with Crippen LogP contribution in [-0.2, 0) is 5.41 Å². The van der Waals surface area contributed by atoms with Crippen LogP contribution in [0.3, 0.4) is 0 Å². The molecule has 1 aliphatic rings. The van der Waals surface area contributed by atoms with E-state index < -0.39 is 5.41 Å². The first-order valence-electron chi connectivity index (χ1n) is 22.2. The fourth-order valence-electron chi connectivity index (χ4n) is 10.6. The highest BCUT2D eigenvalue weighted by Gasteiger charge is 2.46. The molecule has 0 spiro atoms. The van der Waals surface area contributed by atoms with E-state index in [0.29, 0.717) is 0 Å². The van der Waals surface area contributed by atoms with Gasteiger partial charge in [0, 0.05) is 22.3 Å². The van der Waals surface area contributed by atoms with E-state index in [4.69, 9.17) is 0 Å². The number of nitrogens with zero attached hydrogens (tertiary/aromatic N) is 1. The minimum absolute atomic E-state index is 0.496. The molecule has 0 saturated carbocycles. The summed E-state index contributed by atoms with van der Waals surface area (Å²) >= 11 is 0. The zero-order chi connectivity index (χ0) is 42.5. The molecule has 0 aromatic heterocycles. The lowest BCUT2D eigenvalue weighted by Gasteiger charge is -2.34. The van der Waals surface area contributed by atoms with Crippen LogP contribution in [0.2, 0.25) is 0 Å². The Bertz CT molecular complexity index is 3440. The van der Waals surface area contributed by atoms with Crippen LogP contribution in [0.15, 0.2) is 261 Å². The van der Waals surface area contributed by atoms with Gasteiger partial charge in [0.1, 0.15) is 0 Å². The highest BCUT2D eigenvalue weighted by atomic mass is 15.1. The molecule has 0 atom stereocenters.